The molecule has 0 amide bonds. The van der Waals surface area contributed by atoms with Gasteiger partial charge >= 0.3 is 0 Å². The highest BCUT2D eigenvalue weighted by Gasteiger charge is 2.23. The van der Waals surface area contributed by atoms with Crippen molar-refractivity contribution in [3.8, 4) is 0 Å². The SMILES string of the molecule is CCCNC1CCCc2sc(CSCC)nc21. The van der Waals surface area contributed by atoms with Gasteiger partial charge in [-0.1, -0.05) is 13.8 Å². The lowest BCUT2D eigenvalue weighted by atomic mass is 9.97. The number of nitrogens with one attached hydrogen (secondary N) is 1. The van der Waals surface area contributed by atoms with E-state index in [0.717, 1.165) is 12.3 Å². The lowest BCUT2D eigenvalue weighted by molar-refractivity contribution is 0.454. The van der Waals surface area contributed by atoms with Crippen LogP contribution in [0.25, 0.3) is 0 Å². The Hall–Kier alpha value is -0.0600. The molecule has 0 saturated carbocycles. The van der Waals surface area contributed by atoms with Crippen molar-refractivity contribution >= 4 is 23.1 Å². The van der Waals surface area contributed by atoms with Gasteiger partial charge in [0.05, 0.1) is 11.7 Å². The Morgan fingerprint density at radius 1 is 1.47 bits per heavy atom. The molecule has 1 heterocycles. The molecule has 1 atom stereocenters. The fraction of sp³-hybridized carbons (Fsp3) is 0.769. The molecule has 0 aliphatic heterocycles. The summed E-state index contributed by atoms with van der Waals surface area (Å²) >= 11 is 3.91. The van der Waals surface area contributed by atoms with E-state index in [0.29, 0.717) is 6.04 Å². The van der Waals surface area contributed by atoms with Gasteiger partial charge in [0.2, 0.25) is 0 Å². The van der Waals surface area contributed by atoms with Crippen LogP contribution >= 0.6 is 23.1 Å². The Balaban J connectivity index is 2.05. The first-order chi connectivity index (χ1) is 8.35. The molecule has 0 spiro atoms. The van der Waals surface area contributed by atoms with Crippen molar-refractivity contribution in [2.75, 3.05) is 12.3 Å². The van der Waals surface area contributed by atoms with Crippen molar-refractivity contribution in [2.45, 2.75) is 51.3 Å². The Bertz CT molecular complexity index is 349. The van der Waals surface area contributed by atoms with Crippen LogP contribution in [-0.4, -0.2) is 17.3 Å². The van der Waals surface area contributed by atoms with E-state index in [9.17, 15) is 0 Å². The van der Waals surface area contributed by atoms with E-state index in [1.54, 1.807) is 0 Å². The van der Waals surface area contributed by atoms with Crippen molar-refractivity contribution in [2.24, 2.45) is 0 Å². The van der Waals surface area contributed by atoms with Crippen molar-refractivity contribution < 1.29 is 0 Å². The summed E-state index contributed by atoms with van der Waals surface area (Å²) in [7, 11) is 0. The first-order valence-electron chi connectivity index (χ1n) is 6.64. The summed E-state index contributed by atoms with van der Waals surface area (Å²) in [6, 6.07) is 0.523. The van der Waals surface area contributed by atoms with Crippen LogP contribution in [0.15, 0.2) is 0 Å². The van der Waals surface area contributed by atoms with Crippen LogP contribution in [0.3, 0.4) is 0 Å². The zero-order valence-corrected chi connectivity index (χ0v) is 12.4. The van der Waals surface area contributed by atoms with E-state index in [4.69, 9.17) is 4.98 Å². The van der Waals surface area contributed by atoms with Crippen LogP contribution in [0.5, 0.6) is 0 Å². The van der Waals surface area contributed by atoms with Gasteiger partial charge in [-0.15, -0.1) is 11.3 Å². The smallest absolute Gasteiger partial charge is 0.103 e. The molecule has 0 radical (unpaired) electrons. The van der Waals surface area contributed by atoms with E-state index in [2.05, 4.69) is 19.2 Å². The van der Waals surface area contributed by atoms with Crippen molar-refractivity contribution in [3.05, 3.63) is 15.6 Å². The number of thiazole rings is 1. The fourth-order valence-electron chi connectivity index (χ4n) is 2.24. The molecule has 1 aliphatic carbocycles. The number of aryl methyl sites for hydroxylation is 1. The zero-order chi connectivity index (χ0) is 12.1. The average molecular weight is 270 g/mol. The molecule has 0 saturated heterocycles. The molecule has 2 rings (SSSR count). The Morgan fingerprint density at radius 2 is 2.35 bits per heavy atom. The molecule has 0 bridgehead atoms. The summed E-state index contributed by atoms with van der Waals surface area (Å²) in [5.41, 5.74) is 1.36. The van der Waals surface area contributed by atoms with Crippen molar-refractivity contribution in [1.29, 1.82) is 0 Å². The largest absolute Gasteiger partial charge is 0.309 e. The third kappa shape index (κ3) is 3.46. The molecule has 1 aliphatic rings. The Labute approximate surface area is 113 Å². The fourth-order valence-corrected chi connectivity index (χ4v) is 4.13. The van der Waals surface area contributed by atoms with Crippen LogP contribution in [-0.2, 0) is 12.2 Å². The molecule has 4 heteroatoms. The molecule has 0 aromatic carbocycles. The minimum Gasteiger partial charge on any atom is -0.309 e. The summed E-state index contributed by atoms with van der Waals surface area (Å²) in [6.45, 7) is 5.55. The molecule has 1 N–H and O–H groups in total. The molecule has 2 nitrogen and oxygen atoms in total. The minimum atomic E-state index is 0.523. The topological polar surface area (TPSA) is 24.9 Å². The van der Waals surface area contributed by atoms with Crippen LogP contribution in [0, 0.1) is 0 Å². The first kappa shape index (κ1) is 13.4. The maximum absolute atomic E-state index is 4.86. The van der Waals surface area contributed by atoms with E-state index in [-0.39, 0.29) is 0 Å². The summed E-state index contributed by atoms with van der Waals surface area (Å²) < 4.78 is 0. The first-order valence-corrected chi connectivity index (χ1v) is 8.61. The lowest BCUT2D eigenvalue weighted by Gasteiger charge is -2.22. The highest BCUT2D eigenvalue weighted by atomic mass is 32.2. The number of nitrogens with zero attached hydrogens (tertiary/aromatic N) is 1. The van der Waals surface area contributed by atoms with Gasteiger partial charge in [-0.25, -0.2) is 4.98 Å². The second-order valence-electron chi connectivity index (χ2n) is 4.45. The van der Waals surface area contributed by atoms with Crippen molar-refractivity contribution in [1.82, 2.24) is 10.3 Å². The third-order valence-corrected chi connectivity index (χ3v) is 5.27. The highest BCUT2D eigenvalue weighted by Crippen LogP contribution is 2.34. The summed E-state index contributed by atoms with van der Waals surface area (Å²) in [5, 5.41) is 4.96. The Kier molecular flexibility index (Phi) is 5.32. The quantitative estimate of drug-likeness (QED) is 0.851. The number of hydrogen-bond acceptors (Lipinski definition) is 4. The van der Waals surface area contributed by atoms with Crippen LogP contribution < -0.4 is 5.32 Å². The van der Waals surface area contributed by atoms with Crippen LogP contribution in [0.1, 0.15) is 54.7 Å². The van der Waals surface area contributed by atoms with E-state index >= 15 is 0 Å². The van der Waals surface area contributed by atoms with Gasteiger partial charge in [-0.2, -0.15) is 11.8 Å². The summed E-state index contributed by atoms with van der Waals surface area (Å²) in [5.74, 6) is 2.27. The predicted octanol–water partition coefficient (Wildman–Crippen LogP) is 3.77. The second kappa shape index (κ2) is 6.76. The third-order valence-electron chi connectivity index (χ3n) is 3.07. The van der Waals surface area contributed by atoms with Gasteiger partial charge < -0.3 is 5.32 Å². The summed E-state index contributed by atoms with van der Waals surface area (Å²) in [6.07, 6.45) is 5.02. The molecular weight excluding hydrogens is 248 g/mol. The van der Waals surface area contributed by atoms with E-state index in [1.165, 1.54) is 47.0 Å². The van der Waals surface area contributed by atoms with E-state index < -0.39 is 0 Å². The number of rotatable bonds is 6. The standard InChI is InChI=1S/C13H22N2S2/c1-3-8-14-10-6-5-7-11-13(10)15-12(17-11)9-16-4-2/h10,14H,3-9H2,1-2H3. The molecule has 0 fully saturated rings. The van der Waals surface area contributed by atoms with Crippen LogP contribution in [0.2, 0.25) is 0 Å². The molecule has 1 aromatic rings. The molecule has 1 unspecified atom stereocenters. The second-order valence-corrected chi connectivity index (χ2v) is 6.89. The maximum Gasteiger partial charge on any atom is 0.103 e. The molecular formula is C13H22N2S2. The average Bonchev–Trinajstić information content (AvgIpc) is 2.77. The van der Waals surface area contributed by atoms with Crippen molar-refractivity contribution in [3.63, 3.8) is 0 Å². The minimum absolute atomic E-state index is 0.523. The summed E-state index contributed by atoms with van der Waals surface area (Å²) in [4.78, 5) is 6.40. The highest BCUT2D eigenvalue weighted by molar-refractivity contribution is 7.98. The molecule has 1 aromatic heterocycles. The van der Waals surface area contributed by atoms with Gasteiger partial charge in [0, 0.05) is 10.6 Å². The zero-order valence-electron chi connectivity index (χ0n) is 10.8. The monoisotopic (exact) mass is 270 g/mol. The van der Waals surface area contributed by atoms with Gasteiger partial charge in [-0.3, -0.25) is 0 Å². The normalized spacial score (nSPS) is 19.3. The van der Waals surface area contributed by atoms with Gasteiger partial charge in [0.1, 0.15) is 5.01 Å². The molecule has 17 heavy (non-hydrogen) atoms. The number of fused-ring (bicyclic) bond motifs is 1. The molecule has 96 valence electrons. The predicted molar refractivity (Wildman–Crippen MR) is 77.9 cm³/mol. The van der Waals surface area contributed by atoms with Gasteiger partial charge in [0.15, 0.2) is 0 Å². The van der Waals surface area contributed by atoms with Gasteiger partial charge in [-0.05, 0) is 38.0 Å². The Morgan fingerprint density at radius 3 is 3.12 bits per heavy atom. The number of hydrogen-bond donors (Lipinski definition) is 1. The number of thioether (sulfide) groups is 1. The lowest BCUT2D eigenvalue weighted by Crippen LogP contribution is -2.25. The maximum atomic E-state index is 4.86. The van der Waals surface area contributed by atoms with Gasteiger partial charge in [0.25, 0.3) is 0 Å². The van der Waals surface area contributed by atoms with E-state index in [1.807, 2.05) is 23.1 Å². The van der Waals surface area contributed by atoms with Crippen LogP contribution in [0.4, 0.5) is 0 Å². The number of aromatic nitrogens is 1.